The van der Waals surface area contributed by atoms with E-state index in [1.807, 2.05) is 58.8 Å². The second-order valence-electron chi connectivity index (χ2n) is 8.51. The van der Waals surface area contributed by atoms with Crippen LogP contribution in [0.25, 0.3) is 22.8 Å². The van der Waals surface area contributed by atoms with E-state index in [1.54, 1.807) is 0 Å². The topological polar surface area (TPSA) is 68.2 Å². The second-order valence-corrected chi connectivity index (χ2v) is 9.28. The second kappa shape index (κ2) is 9.79. The first-order valence-electron chi connectivity index (χ1n) is 11.2. The van der Waals surface area contributed by atoms with Crippen molar-refractivity contribution in [1.29, 1.82) is 0 Å². The first-order chi connectivity index (χ1) is 16.5. The predicted octanol–water partition coefficient (Wildman–Crippen LogP) is 4.41. The monoisotopic (exact) mass is 495 g/mol. The van der Waals surface area contributed by atoms with E-state index in [2.05, 4.69) is 32.9 Å². The van der Waals surface area contributed by atoms with Crippen molar-refractivity contribution in [3.05, 3.63) is 69.8 Å². The maximum absolute atomic E-state index is 6.38. The van der Waals surface area contributed by atoms with Gasteiger partial charge >= 0.3 is 0 Å². The Morgan fingerprint density at radius 3 is 2.38 bits per heavy atom. The zero-order valence-corrected chi connectivity index (χ0v) is 20.8. The molecule has 1 aliphatic heterocycles. The molecule has 1 aliphatic rings. The molecule has 0 radical (unpaired) electrons. The molecule has 1 fully saturated rings. The molecule has 176 valence electrons. The summed E-state index contributed by atoms with van der Waals surface area (Å²) in [5.74, 6) is 2.06. The number of aromatic nitrogens is 5. The molecular weight excluding hydrogens is 470 g/mol. The van der Waals surface area contributed by atoms with Crippen molar-refractivity contribution in [2.24, 2.45) is 7.05 Å². The summed E-state index contributed by atoms with van der Waals surface area (Å²) in [5.41, 5.74) is 3.02. The van der Waals surface area contributed by atoms with E-state index in [0.717, 1.165) is 48.7 Å². The molecule has 0 saturated carbocycles. The van der Waals surface area contributed by atoms with Gasteiger partial charge in [-0.1, -0.05) is 53.2 Å². The normalized spacial score (nSPS) is 15.1. The number of piperazine rings is 1. The fourth-order valence-corrected chi connectivity index (χ4v) is 4.58. The van der Waals surface area contributed by atoms with Gasteiger partial charge in [-0.3, -0.25) is 9.80 Å². The van der Waals surface area contributed by atoms with Crippen LogP contribution in [0.4, 0.5) is 0 Å². The average molecular weight is 496 g/mol. The number of benzene rings is 2. The van der Waals surface area contributed by atoms with Crippen LogP contribution in [-0.2, 0) is 20.3 Å². The maximum Gasteiger partial charge on any atom is 0.241 e. The number of hydrogen-bond acceptors (Lipinski definition) is 7. The highest BCUT2D eigenvalue weighted by Gasteiger charge is 2.21. The molecule has 0 atom stereocenters. The van der Waals surface area contributed by atoms with Gasteiger partial charge < -0.3 is 9.09 Å². The van der Waals surface area contributed by atoms with Crippen molar-refractivity contribution in [1.82, 2.24) is 34.3 Å². The summed E-state index contributed by atoms with van der Waals surface area (Å²) >= 11 is 12.0. The van der Waals surface area contributed by atoms with Gasteiger partial charge in [0.25, 0.3) is 0 Å². The fraction of sp³-hybridized carbons (Fsp3) is 0.333. The molecule has 0 unspecified atom stereocenters. The highest BCUT2D eigenvalue weighted by atomic mass is 35.5. The summed E-state index contributed by atoms with van der Waals surface area (Å²) in [6.45, 7) is 6.95. The Morgan fingerprint density at radius 1 is 0.971 bits per heavy atom. The van der Waals surface area contributed by atoms with Gasteiger partial charge in [-0.15, -0.1) is 0 Å². The van der Waals surface area contributed by atoms with Crippen LogP contribution in [0.3, 0.4) is 0 Å². The van der Waals surface area contributed by atoms with Crippen LogP contribution < -0.4 is 0 Å². The molecule has 8 nitrogen and oxygen atoms in total. The van der Waals surface area contributed by atoms with Crippen LogP contribution in [0.2, 0.25) is 5.02 Å². The summed E-state index contributed by atoms with van der Waals surface area (Å²) in [5, 5.41) is 9.60. The minimum atomic E-state index is 0.642. The molecule has 4 aromatic rings. The van der Waals surface area contributed by atoms with E-state index < -0.39 is 0 Å². The summed E-state index contributed by atoms with van der Waals surface area (Å²) in [4.78, 5) is 9.29. The number of halogens is 1. The molecular formula is C24H26ClN7OS. The van der Waals surface area contributed by atoms with Gasteiger partial charge in [-0.05, 0) is 36.8 Å². The van der Waals surface area contributed by atoms with Crippen molar-refractivity contribution in [2.45, 2.75) is 20.1 Å². The number of nitrogens with zero attached hydrogens (tertiary/aromatic N) is 7. The molecule has 3 heterocycles. The van der Waals surface area contributed by atoms with Crippen LogP contribution in [-0.4, -0.2) is 60.5 Å². The van der Waals surface area contributed by atoms with Crippen molar-refractivity contribution >= 4 is 23.8 Å². The Labute approximate surface area is 208 Å². The van der Waals surface area contributed by atoms with E-state index in [4.69, 9.17) is 33.4 Å². The fourth-order valence-electron chi connectivity index (χ4n) is 4.18. The van der Waals surface area contributed by atoms with Gasteiger partial charge in [-0.2, -0.15) is 10.1 Å². The standard InChI is InChI=1S/C24H26ClN7OS/c1-17-7-3-4-8-18(17)22-26-21(33-28-22)15-30-11-13-31(14-12-30)16-32-24(34)29(2)23(27-32)19-9-5-6-10-20(19)25/h3-10H,11-16H2,1-2H3. The lowest BCUT2D eigenvalue weighted by atomic mass is 10.1. The van der Waals surface area contributed by atoms with Crippen LogP contribution in [0.5, 0.6) is 0 Å². The molecule has 0 spiro atoms. The SMILES string of the molecule is Cc1ccccc1-c1noc(CN2CCN(Cn3nc(-c4ccccc4Cl)n(C)c3=S)CC2)n1. The third-order valence-corrected chi connectivity index (χ3v) is 6.98. The Balaban J connectivity index is 1.20. The van der Waals surface area contributed by atoms with Gasteiger partial charge in [0, 0.05) is 44.4 Å². The lowest BCUT2D eigenvalue weighted by Gasteiger charge is -2.33. The Morgan fingerprint density at radius 2 is 1.65 bits per heavy atom. The summed E-state index contributed by atoms with van der Waals surface area (Å²) < 4.78 is 9.98. The zero-order chi connectivity index (χ0) is 23.7. The molecule has 1 saturated heterocycles. The van der Waals surface area contributed by atoms with E-state index in [-0.39, 0.29) is 0 Å². The van der Waals surface area contributed by atoms with Crippen LogP contribution in [0.1, 0.15) is 11.5 Å². The molecule has 0 bridgehead atoms. The van der Waals surface area contributed by atoms with Crippen LogP contribution >= 0.6 is 23.8 Å². The maximum atomic E-state index is 6.38. The molecule has 2 aromatic heterocycles. The lowest BCUT2D eigenvalue weighted by Crippen LogP contribution is -2.46. The molecule has 2 aromatic carbocycles. The van der Waals surface area contributed by atoms with Crippen molar-refractivity contribution in [3.8, 4) is 22.8 Å². The summed E-state index contributed by atoms with van der Waals surface area (Å²) in [6, 6.07) is 15.8. The highest BCUT2D eigenvalue weighted by Crippen LogP contribution is 2.26. The molecule has 5 rings (SSSR count). The summed E-state index contributed by atoms with van der Waals surface area (Å²) in [6.07, 6.45) is 0. The van der Waals surface area contributed by atoms with Gasteiger partial charge in [-0.25, -0.2) is 4.68 Å². The molecule has 0 aliphatic carbocycles. The smallest absolute Gasteiger partial charge is 0.241 e. The zero-order valence-electron chi connectivity index (χ0n) is 19.2. The van der Waals surface area contributed by atoms with Gasteiger partial charge in [0.05, 0.1) is 18.2 Å². The predicted molar refractivity (Wildman–Crippen MR) is 134 cm³/mol. The number of hydrogen-bond donors (Lipinski definition) is 0. The lowest BCUT2D eigenvalue weighted by molar-refractivity contribution is 0.0908. The van der Waals surface area contributed by atoms with Crippen LogP contribution in [0, 0.1) is 11.7 Å². The van der Waals surface area contributed by atoms with E-state index in [1.165, 1.54) is 0 Å². The Hall–Kier alpha value is -2.85. The molecule has 0 amide bonds. The largest absolute Gasteiger partial charge is 0.338 e. The number of rotatable bonds is 6. The van der Waals surface area contributed by atoms with E-state index in [9.17, 15) is 0 Å². The molecule has 34 heavy (non-hydrogen) atoms. The first kappa shape index (κ1) is 22.9. The average Bonchev–Trinajstić information content (AvgIpc) is 3.41. The van der Waals surface area contributed by atoms with Crippen LogP contribution in [0.15, 0.2) is 53.1 Å². The minimum absolute atomic E-state index is 0.642. The molecule has 0 N–H and O–H groups in total. The third kappa shape index (κ3) is 4.69. The van der Waals surface area contributed by atoms with E-state index >= 15 is 0 Å². The van der Waals surface area contributed by atoms with E-state index in [0.29, 0.717) is 34.7 Å². The first-order valence-corrected chi connectivity index (χ1v) is 12.0. The highest BCUT2D eigenvalue weighted by molar-refractivity contribution is 7.71. The van der Waals surface area contributed by atoms with Crippen molar-refractivity contribution in [2.75, 3.05) is 26.2 Å². The minimum Gasteiger partial charge on any atom is -0.338 e. The quantitative estimate of drug-likeness (QED) is 0.367. The van der Waals surface area contributed by atoms with Gasteiger partial charge in [0.1, 0.15) is 0 Å². The summed E-state index contributed by atoms with van der Waals surface area (Å²) in [7, 11) is 1.93. The van der Waals surface area contributed by atoms with Crippen molar-refractivity contribution < 1.29 is 4.52 Å². The number of aryl methyl sites for hydroxylation is 1. The third-order valence-electron chi connectivity index (χ3n) is 6.17. The molecule has 10 heteroatoms. The van der Waals surface area contributed by atoms with Gasteiger partial charge in [0.15, 0.2) is 10.6 Å². The Kier molecular flexibility index (Phi) is 6.60. The van der Waals surface area contributed by atoms with Gasteiger partial charge in [0.2, 0.25) is 11.7 Å². The Bertz CT molecular complexity index is 1350. The van der Waals surface area contributed by atoms with Crippen molar-refractivity contribution in [3.63, 3.8) is 0 Å².